The number of alkyl halides is 3. The minimum atomic E-state index is -4.37. The molecule has 1 aliphatic carbocycles. The van der Waals surface area contributed by atoms with Crippen LogP contribution in [0.15, 0.2) is 0 Å². The first-order valence-electron chi connectivity index (χ1n) is 7.51. The lowest BCUT2D eigenvalue weighted by molar-refractivity contribution is -0.165. The molecule has 0 N–H and O–H groups in total. The van der Waals surface area contributed by atoms with E-state index in [1.54, 1.807) is 4.90 Å². The van der Waals surface area contributed by atoms with Crippen LogP contribution in [0.25, 0.3) is 0 Å². The molecule has 1 aliphatic heterocycles. The average molecular weight is 306 g/mol. The fourth-order valence-corrected chi connectivity index (χ4v) is 3.14. The van der Waals surface area contributed by atoms with E-state index < -0.39 is 18.6 Å². The number of nitrogens with zero attached hydrogens (tertiary/aromatic N) is 2. The normalized spacial score (nSPS) is 20.3. The molecule has 0 bridgehead atoms. The second-order valence-corrected chi connectivity index (χ2v) is 5.81. The van der Waals surface area contributed by atoms with Crippen molar-refractivity contribution in [2.45, 2.75) is 57.2 Å². The molecule has 1 heterocycles. The quantitative estimate of drug-likeness (QED) is 0.782. The summed E-state index contributed by atoms with van der Waals surface area (Å²) < 4.78 is 38.0. The summed E-state index contributed by atoms with van der Waals surface area (Å²) in [4.78, 5) is 26.2. The van der Waals surface area contributed by atoms with E-state index in [0.29, 0.717) is 25.8 Å². The molecule has 120 valence electrons. The van der Waals surface area contributed by atoms with Gasteiger partial charge in [0.05, 0.1) is 0 Å². The van der Waals surface area contributed by atoms with E-state index in [-0.39, 0.29) is 24.9 Å². The first-order valence-corrected chi connectivity index (χ1v) is 7.51. The molecular weight excluding hydrogens is 285 g/mol. The van der Waals surface area contributed by atoms with E-state index in [4.69, 9.17) is 0 Å². The van der Waals surface area contributed by atoms with Crippen LogP contribution in [0.1, 0.15) is 44.9 Å². The van der Waals surface area contributed by atoms with Gasteiger partial charge in [-0.25, -0.2) is 0 Å². The Bertz CT molecular complexity index is 392. The van der Waals surface area contributed by atoms with E-state index in [9.17, 15) is 22.8 Å². The van der Waals surface area contributed by atoms with Gasteiger partial charge < -0.3 is 9.80 Å². The molecule has 7 heteroatoms. The van der Waals surface area contributed by atoms with Crippen LogP contribution in [-0.4, -0.2) is 53.5 Å². The number of amides is 2. The highest BCUT2D eigenvalue weighted by molar-refractivity contribution is 5.80. The van der Waals surface area contributed by atoms with Gasteiger partial charge in [0.25, 0.3) is 0 Å². The molecule has 1 saturated carbocycles. The molecule has 1 saturated heterocycles. The molecule has 0 unspecified atom stereocenters. The molecule has 2 rings (SSSR count). The lowest BCUT2D eigenvalue weighted by Gasteiger charge is -2.30. The van der Waals surface area contributed by atoms with Crippen molar-refractivity contribution in [3.63, 3.8) is 0 Å². The van der Waals surface area contributed by atoms with Crippen molar-refractivity contribution in [2.24, 2.45) is 0 Å². The molecule has 2 aliphatic rings. The maximum atomic E-state index is 12.7. The Hall–Kier alpha value is -1.27. The smallest absolute Gasteiger partial charge is 0.342 e. The monoisotopic (exact) mass is 306 g/mol. The first kappa shape index (κ1) is 16.1. The summed E-state index contributed by atoms with van der Waals surface area (Å²) in [7, 11) is 0. The summed E-state index contributed by atoms with van der Waals surface area (Å²) in [5, 5.41) is 0. The molecule has 0 aromatic carbocycles. The predicted molar refractivity (Wildman–Crippen MR) is 70.5 cm³/mol. The third-order valence-electron chi connectivity index (χ3n) is 4.20. The highest BCUT2D eigenvalue weighted by Gasteiger charge is 2.37. The lowest BCUT2D eigenvalue weighted by atomic mass is 10.2. The molecule has 21 heavy (non-hydrogen) atoms. The van der Waals surface area contributed by atoms with Crippen LogP contribution in [0, 0.1) is 0 Å². The van der Waals surface area contributed by atoms with E-state index in [1.165, 1.54) is 0 Å². The van der Waals surface area contributed by atoms with Gasteiger partial charge in [-0.15, -0.1) is 0 Å². The number of likely N-dealkylation sites (tertiary alicyclic amines) is 1. The van der Waals surface area contributed by atoms with Crippen molar-refractivity contribution in [1.82, 2.24) is 9.80 Å². The molecule has 0 radical (unpaired) electrons. The molecule has 0 aromatic rings. The number of hydrogen-bond donors (Lipinski definition) is 0. The standard InChI is InChI=1S/C14H21F3N2O2/c15-14(16,17)10-19(11-4-1-2-5-11)13(21)7-9-18-8-3-6-12(18)20/h11H,1-10H2. The first-order chi connectivity index (χ1) is 9.87. The highest BCUT2D eigenvalue weighted by Crippen LogP contribution is 2.27. The van der Waals surface area contributed by atoms with Gasteiger partial charge in [-0.05, 0) is 19.3 Å². The minimum absolute atomic E-state index is 0.00830. The van der Waals surface area contributed by atoms with Crippen LogP contribution in [0.4, 0.5) is 13.2 Å². The van der Waals surface area contributed by atoms with Crippen molar-refractivity contribution in [1.29, 1.82) is 0 Å². The molecular formula is C14H21F3N2O2. The van der Waals surface area contributed by atoms with Crippen molar-refractivity contribution in [2.75, 3.05) is 19.6 Å². The second kappa shape index (κ2) is 6.66. The lowest BCUT2D eigenvalue weighted by Crippen LogP contribution is -2.45. The molecule has 0 aromatic heterocycles. The Balaban J connectivity index is 1.91. The number of hydrogen-bond acceptors (Lipinski definition) is 2. The SMILES string of the molecule is O=C1CCCN1CCC(=O)N(CC(F)(F)F)C1CCCC1. The van der Waals surface area contributed by atoms with E-state index >= 15 is 0 Å². The average Bonchev–Trinajstić information content (AvgIpc) is 3.03. The fourth-order valence-electron chi connectivity index (χ4n) is 3.14. The Kier molecular flexibility index (Phi) is 5.11. The highest BCUT2D eigenvalue weighted by atomic mass is 19.4. The van der Waals surface area contributed by atoms with Gasteiger partial charge in [-0.3, -0.25) is 9.59 Å². The molecule has 0 atom stereocenters. The molecule has 4 nitrogen and oxygen atoms in total. The van der Waals surface area contributed by atoms with Crippen LogP contribution in [0.2, 0.25) is 0 Å². The largest absolute Gasteiger partial charge is 0.406 e. The Morgan fingerprint density at radius 1 is 1.24 bits per heavy atom. The maximum Gasteiger partial charge on any atom is 0.406 e. The second-order valence-electron chi connectivity index (χ2n) is 5.81. The zero-order chi connectivity index (χ0) is 15.5. The number of rotatable bonds is 5. The van der Waals surface area contributed by atoms with Crippen LogP contribution >= 0.6 is 0 Å². The summed E-state index contributed by atoms with van der Waals surface area (Å²) in [5.74, 6) is -0.495. The van der Waals surface area contributed by atoms with Crippen molar-refractivity contribution in [3.05, 3.63) is 0 Å². The van der Waals surface area contributed by atoms with Gasteiger partial charge in [-0.2, -0.15) is 13.2 Å². The van der Waals surface area contributed by atoms with Crippen molar-refractivity contribution in [3.8, 4) is 0 Å². The van der Waals surface area contributed by atoms with Crippen molar-refractivity contribution >= 4 is 11.8 Å². The van der Waals surface area contributed by atoms with Gasteiger partial charge in [0, 0.05) is 32.0 Å². The number of carbonyl (C=O) groups is 2. The van der Waals surface area contributed by atoms with Gasteiger partial charge in [0.2, 0.25) is 11.8 Å². The Labute approximate surface area is 122 Å². The molecule has 2 fully saturated rings. The van der Waals surface area contributed by atoms with Crippen LogP contribution in [0.3, 0.4) is 0 Å². The summed E-state index contributed by atoms with van der Waals surface area (Å²) in [6, 6.07) is -0.298. The van der Waals surface area contributed by atoms with Gasteiger partial charge >= 0.3 is 6.18 Å². The van der Waals surface area contributed by atoms with E-state index in [0.717, 1.165) is 24.2 Å². The molecule has 2 amide bonds. The zero-order valence-electron chi connectivity index (χ0n) is 12.0. The van der Waals surface area contributed by atoms with E-state index in [2.05, 4.69) is 0 Å². The van der Waals surface area contributed by atoms with Crippen LogP contribution in [0.5, 0.6) is 0 Å². The summed E-state index contributed by atoms with van der Waals surface area (Å²) in [6.07, 6.45) is -0.117. The van der Waals surface area contributed by atoms with Crippen LogP contribution in [-0.2, 0) is 9.59 Å². The van der Waals surface area contributed by atoms with Gasteiger partial charge in [-0.1, -0.05) is 12.8 Å². The van der Waals surface area contributed by atoms with E-state index in [1.807, 2.05) is 0 Å². The maximum absolute atomic E-state index is 12.7. The number of halogens is 3. The summed E-state index contributed by atoms with van der Waals surface area (Å²) >= 11 is 0. The Morgan fingerprint density at radius 3 is 2.43 bits per heavy atom. The van der Waals surface area contributed by atoms with Gasteiger partial charge in [0.1, 0.15) is 6.54 Å². The predicted octanol–water partition coefficient (Wildman–Crippen LogP) is 2.33. The summed E-state index contributed by atoms with van der Waals surface area (Å²) in [5.41, 5.74) is 0. The molecule has 0 spiro atoms. The summed E-state index contributed by atoms with van der Waals surface area (Å²) in [6.45, 7) is -0.335. The zero-order valence-corrected chi connectivity index (χ0v) is 12.0. The third-order valence-corrected chi connectivity index (χ3v) is 4.20. The fraction of sp³-hybridized carbons (Fsp3) is 0.857. The number of carbonyl (C=O) groups excluding carboxylic acids is 2. The van der Waals surface area contributed by atoms with Crippen LogP contribution < -0.4 is 0 Å². The topological polar surface area (TPSA) is 40.6 Å². The van der Waals surface area contributed by atoms with Gasteiger partial charge in [0.15, 0.2) is 0 Å². The van der Waals surface area contributed by atoms with Crippen molar-refractivity contribution < 1.29 is 22.8 Å². The third kappa shape index (κ3) is 4.61. The minimum Gasteiger partial charge on any atom is -0.342 e. The Morgan fingerprint density at radius 2 is 1.90 bits per heavy atom.